The van der Waals surface area contributed by atoms with Crippen molar-refractivity contribution in [2.75, 3.05) is 25.6 Å². The van der Waals surface area contributed by atoms with Gasteiger partial charge in [-0.25, -0.2) is 9.97 Å². The van der Waals surface area contributed by atoms with Crippen LogP contribution in [0, 0.1) is 6.92 Å². The topological polar surface area (TPSA) is 91.3 Å². The third-order valence-corrected chi connectivity index (χ3v) is 4.44. The smallest absolute Gasteiger partial charge is 0.411 e. The molecule has 1 N–H and O–H groups in total. The highest BCUT2D eigenvalue weighted by Gasteiger charge is 2.27. The Balaban J connectivity index is 1.88. The van der Waals surface area contributed by atoms with Crippen molar-refractivity contribution in [1.29, 1.82) is 0 Å². The summed E-state index contributed by atoms with van der Waals surface area (Å²) in [6.07, 6.45) is -2.80. The quantitative estimate of drug-likeness (QED) is 0.406. The molecule has 3 rings (SSSR count). The molecule has 1 aromatic carbocycles. The molecule has 11 heteroatoms. The van der Waals surface area contributed by atoms with Crippen LogP contribution in [0.15, 0.2) is 43.1 Å². The Kier molecular flexibility index (Phi) is 8.00. The van der Waals surface area contributed by atoms with Crippen LogP contribution in [0.25, 0.3) is 16.9 Å². The number of anilines is 2. The molecule has 2 aromatic heterocycles. The molecule has 0 spiro atoms. The zero-order valence-electron chi connectivity index (χ0n) is 18.9. The molecule has 2 heterocycles. The minimum Gasteiger partial charge on any atom is -0.496 e. The molecular formula is C23H24F3N5O3. The first-order valence-electron chi connectivity index (χ1n) is 10.3. The molecule has 0 fully saturated rings. The first-order valence-corrected chi connectivity index (χ1v) is 10.3. The second-order valence-electron chi connectivity index (χ2n) is 7.16. The molecule has 0 saturated carbocycles. The van der Waals surface area contributed by atoms with Crippen molar-refractivity contribution in [3.05, 3.63) is 60.2 Å². The SMILES string of the molecule is C=C(OCC)c1cc(COCC(F)(F)F)nc(Nc2ccc(-c3cnnc(C)c3)c(OC)c2)n1. The predicted molar refractivity (Wildman–Crippen MR) is 120 cm³/mol. The van der Waals surface area contributed by atoms with Crippen LogP contribution in [0.4, 0.5) is 24.8 Å². The van der Waals surface area contributed by atoms with E-state index in [2.05, 4.69) is 32.1 Å². The monoisotopic (exact) mass is 475 g/mol. The van der Waals surface area contributed by atoms with Crippen molar-refractivity contribution in [3.63, 3.8) is 0 Å². The van der Waals surface area contributed by atoms with Gasteiger partial charge in [0.1, 0.15) is 23.8 Å². The van der Waals surface area contributed by atoms with Gasteiger partial charge in [0.2, 0.25) is 5.95 Å². The molecule has 34 heavy (non-hydrogen) atoms. The Labute approximate surface area is 194 Å². The number of hydrogen-bond donors (Lipinski definition) is 1. The Bertz CT molecular complexity index is 1150. The van der Waals surface area contributed by atoms with Crippen molar-refractivity contribution in [1.82, 2.24) is 20.2 Å². The lowest BCUT2D eigenvalue weighted by Crippen LogP contribution is -2.17. The number of aromatic nitrogens is 4. The van der Waals surface area contributed by atoms with Gasteiger partial charge in [-0.1, -0.05) is 6.58 Å². The molecule has 0 aliphatic heterocycles. The summed E-state index contributed by atoms with van der Waals surface area (Å²) < 4.78 is 53.0. The summed E-state index contributed by atoms with van der Waals surface area (Å²) in [5, 5.41) is 11.0. The van der Waals surface area contributed by atoms with Gasteiger partial charge in [-0.2, -0.15) is 23.4 Å². The highest BCUT2D eigenvalue weighted by Crippen LogP contribution is 2.33. The van der Waals surface area contributed by atoms with Gasteiger partial charge in [-0.05, 0) is 38.1 Å². The molecule has 8 nitrogen and oxygen atoms in total. The summed E-state index contributed by atoms with van der Waals surface area (Å²) in [4.78, 5) is 8.64. The number of rotatable bonds is 10. The van der Waals surface area contributed by atoms with Gasteiger partial charge in [0, 0.05) is 22.9 Å². The van der Waals surface area contributed by atoms with E-state index in [1.807, 2.05) is 19.1 Å². The average molecular weight is 475 g/mol. The van der Waals surface area contributed by atoms with Crippen LogP contribution in [-0.2, 0) is 16.1 Å². The number of hydrogen-bond acceptors (Lipinski definition) is 8. The van der Waals surface area contributed by atoms with E-state index in [4.69, 9.17) is 14.2 Å². The lowest BCUT2D eigenvalue weighted by Gasteiger charge is -2.14. The van der Waals surface area contributed by atoms with E-state index in [0.29, 0.717) is 23.7 Å². The van der Waals surface area contributed by atoms with E-state index in [1.165, 1.54) is 6.07 Å². The Morgan fingerprint density at radius 2 is 1.94 bits per heavy atom. The molecule has 3 aromatic rings. The first-order chi connectivity index (χ1) is 16.2. The van der Waals surface area contributed by atoms with Gasteiger partial charge in [0.05, 0.1) is 37.9 Å². The average Bonchev–Trinajstić information content (AvgIpc) is 2.78. The summed E-state index contributed by atoms with van der Waals surface area (Å²) in [6.45, 7) is 6.05. The standard InChI is InChI=1S/C23H24F3N5O3/c1-5-34-15(3)20-9-18(12-33-13-23(24,25)26)29-22(30-20)28-17-6-7-19(21(10-17)32-4)16-8-14(2)31-27-11-16/h6-11H,3,5,12-13H2,1-2,4H3,(H,28,29,30). The molecule has 0 radical (unpaired) electrons. The largest absolute Gasteiger partial charge is 0.496 e. The summed E-state index contributed by atoms with van der Waals surface area (Å²) in [7, 11) is 1.55. The van der Waals surface area contributed by atoms with Gasteiger partial charge in [0.15, 0.2) is 0 Å². The zero-order valence-corrected chi connectivity index (χ0v) is 18.9. The van der Waals surface area contributed by atoms with Crippen LogP contribution in [0.2, 0.25) is 0 Å². The molecule has 0 aliphatic rings. The normalized spacial score (nSPS) is 11.2. The zero-order chi connectivity index (χ0) is 24.7. The summed E-state index contributed by atoms with van der Waals surface area (Å²) >= 11 is 0. The first kappa shape index (κ1) is 24.9. The fourth-order valence-electron chi connectivity index (χ4n) is 3.05. The van der Waals surface area contributed by atoms with E-state index in [1.54, 1.807) is 32.4 Å². The maximum absolute atomic E-state index is 12.5. The van der Waals surface area contributed by atoms with Crippen LogP contribution >= 0.6 is 0 Å². The van der Waals surface area contributed by atoms with Gasteiger partial charge in [0.25, 0.3) is 0 Å². The summed E-state index contributed by atoms with van der Waals surface area (Å²) in [5.41, 5.74) is 3.58. The van der Waals surface area contributed by atoms with Crippen molar-refractivity contribution in [2.24, 2.45) is 0 Å². The number of aryl methyl sites for hydroxylation is 1. The minimum absolute atomic E-state index is 0.139. The number of ether oxygens (including phenoxy) is 3. The second-order valence-corrected chi connectivity index (χ2v) is 7.16. The van der Waals surface area contributed by atoms with E-state index in [-0.39, 0.29) is 24.0 Å². The molecule has 0 aliphatic carbocycles. The van der Waals surface area contributed by atoms with E-state index >= 15 is 0 Å². The molecule has 0 atom stereocenters. The Morgan fingerprint density at radius 1 is 1.15 bits per heavy atom. The molecular weight excluding hydrogens is 451 g/mol. The van der Waals surface area contributed by atoms with E-state index in [9.17, 15) is 13.2 Å². The van der Waals surface area contributed by atoms with Gasteiger partial charge in [-0.15, -0.1) is 0 Å². The van der Waals surface area contributed by atoms with Crippen molar-refractivity contribution in [2.45, 2.75) is 26.6 Å². The van der Waals surface area contributed by atoms with E-state index in [0.717, 1.165) is 16.8 Å². The Morgan fingerprint density at radius 3 is 2.62 bits per heavy atom. The number of nitrogens with one attached hydrogen (secondary N) is 1. The van der Waals surface area contributed by atoms with Crippen LogP contribution in [0.5, 0.6) is 5.75 Å². The second kappa shape index (κ2) is 10.9. The van der Waals surface area contributed by atoms with Gasteiger partial charge in [-0.3, -0.25) is 0 Å². The van der Waals surface area contributed by atoms with Gasteiger partial charge < -0.3 is 19.5 Å². The highest BCUT2D eigenvalue weighted by molar-refractivity contribution is 5.74. The number of nitrogens with zero attached hydrogens (tertiary/aromatic N) is 4. The molecule has 180 valence electrons. The lowest BCUT2D eigenvalue weighted by molar-refractivity contribution is -0.176. The molecule has 0 bridgehead atoms. The van der Waals surface area contributed by atoms with Crippen LogP contribution in [0.3, 0.4) is 0 Å². The summed E-state index contributed by atoms with van der Waals surface area (Å²) in [6, 6.07) is 8.74. The fourth-order valence-corrected chi connectivity index (χ4v) is 3.05. The lowest BCUT2D eigenvalue weighted by atomic mass is 10.1. The van der Waals surface area contributed by atoms with Crippen LogP contribution in [0.1, 0.15) is 24.0 Å². The maximum atomic E-state index is 12.5. The fraction of sp³-hybridized carbons (Fsp3) is 0.304. The number of benzene rings is 1. The Hall–Kier alpha value is -3.73. The minimum atomic E-state index is -4.44. The molecule has 0 saturated heterocycles. The maximum Gasteiger partial charge on any atom is 0.411 e. The molecule has 0 amide bonds. The van der Waals surface area contributed by atoms with E-state index < -0.39 is 12.8 Å². The summed E-state index contributed by atoms with van der Waals surface area (Å²) in [5.74, 6) is 0.972. The predicted octanol–water partition coefficient (Wildman–Crippen LogP) is 5.08. The third kappa shape index (κ3) is 6.88. The highest BCUT2D eigenvalue weighted by atomic mass is 19.4. The number of methoxy groups -OCH3 is 1. The van der Waals surface area contributed by atoms with Crippen LogP contribution < -0.4 is 10.1 Å². The van der Waals surface area contributed by atoms with Crippen molar-refractivity contribution >= 4 is 17.4 Å². The number of halogens is 3. The van der Waals surface area contributed by atoms with Gasteiger partial charge >= 0.3 is 6.18 Å². The van der Waals surface area contributed by atoms with Crippen molar-refractivity contribution < 1.29 is 27.4 Å². The third-order valence-electron chi connectivity index (χ3n) is 4.44. The molecule has 0 unspecified atom stereocenters. The number of alkyl halides is 3. The van der Waals surface area contributed by atoms with Crippen molar-refractivity contribution in [3.8, 4) is 16.9 Å². The van der Waals surface area contributed by atoms with Crippen LogP contribution in [-0.4, -0.2) is 46.7 Å².